The highest BCUT2D eigenvalue weighted by Gasteiger charge is 2.18. The van der Waals surface area contributed by atoms with Crippen molar-refractivity contribution in [3.8, 4) is 21.6 Å². The van der Waals surface area contributed by atoms with Gasteiger partial charge in [0.05, 0.1) is 12.7 Å². The molecule has 5 heteroatoms. The zero-order chi connectivity index (χ0) is 16.4. The maximum atomic E-state index is 13.7. The van der Waals surface area contributed by atoms with Crippen molar-refractivity contribution in [1.82, 2.24) is 0 Å². The summed E-state index contributed by atoms with van der Waals surface area (Å²) in [5, 5.41) is 1.82. The average molecular weight is 330 g/mol. The maximum absolute atomic E-state index is 13.7. The number of benzene rings is 2. The molecule has 0 amide bonds. The first kappa shape index (κ1) is 15.4. The summed E-state index contributed by atoms with van der Waals surface area (Å²) in [6, 6.07) is 11.9. The van der Waals surface area contributed by atoms with Crippen LogP contribution in [0.2, 0.25) is 0 Å². The predicted molar refractivity (Wildman–Crippen MR) is 86.4 cm³/mol. The third-order valence-corrected chi connectivity index (χ3v) is 4.38. The molecule has 116 valence electrons. The zero-order valence-electron chi connectivity index (χ0n) is 12.2. The lowest BCUT2D eigenvalue weighted by molar-refractivity contribution is 0.0601. The number of esters is 1. The topological polar surface area (TPSA) is 26.3 Å². The van der Waals surface area contributed by atoms with Gasteiger partial charge in [-0.2, -0.15) is 0 Å². The molecule has 0 saturated heterocycles. The van der Waals surface area contributed by atoms with Crippen molar-refractivity contribution in [3.05, 3.63) is 71.1 Å². The van der Waals surface area contributed by atoms with Gasteiger partial charge < -0.3 is 4.74 Å². The highest BCUT2D eigenvalue weighted by molar-refractivity contribution is 7.14. The third kappa shape index (κ3) is 3.00. The monoisotopic (exact) mass is 330 g/mol. The minimum Gasteiger partial charge on any atom is -0.465 e. The molecule has 0 spiro atoms. The average Bonchev–Trinajstić information content (AvgIpc) is 3.03. The standard InChI is InChI=1S/C18H12F2O2S/c1-22-18(21)15-6-5-13(20)10-16(15)17-14(7-8-23-17)11-3-2-4-12(19)9-11/h2-10H,1H3. The van der Waals surface area contributed by atoms with E-state index in [-0.39, 0.29) is 11.4 Å². The van der Waals surface area contributed by atoms with E-state index in [0.717, 1.165) is 5.56 Å². The minimum atomic E-state index is -0.543. The van der Waals surface area contributed by atoms with Gasteiger partial charge in [0, 0.05) is 16.0 Å². The number of ether oxygens (including phenoxy) is 1. The Morgan fingerprint density at radius 3 is 2.52 bits per heavy atom. The van der Waals surface area contributed by atoms with Crippen LogP contribution < -0.4 is 0 Å². The Labute approximate surface area is 136 Å². The lowest BCUT2D eigenvalue weighted by atomic mass is 9.99. The largest absolute Gasteiger partial charge is 0.465 e. The summed E-state index contributed by atoms with van der Waals surface area (Å²) in [7, 11) is 1.28. The predicted octanol–water partition coefficient (Wildman–Crippen LogP) is 5.15. The molecule has 0 bridgehead atoms. The Morgan fingerprint density at radius 2 is 1.78 bits per heavy atom. The highest BCUT2D eigenvalue weighted by atomic mass is 32.1. The van der Waals surface area contributed by atoms with E-state index in [0.29, 0.717) is 16.0 Å². The fourth-order valence-electron chi connectivity index (χ4n) is 2.39. The van der Waals surface area contributed by atoms with Crippen LogP contribution in [0.5, 0.6) is 0 Å². The van der Waals surface area contributed by atoms with Crippen LogP contribution in [0.1, 0.15) is 10.4 Å². The van der Waals surface area contributed by atoms with Crippen molar-refractivity contribution in [1.29, 1.82) is 0 Å². The van der Waals surface area contributed by atoms with Crippen LogP contribution >= 0.6 is 11.3 Å². The Bertz CT molecular complexity index is 871. The Hall–Kier alpha value is -2.53. The number of rotatable bonds is 3. The zero-order valence-corrected chi connectivity index (χ0v) is 13.0. The lowest BCUT2D eigenvalue weighted by Crippen LogP contribution is -2.03. The molecule has 23 heavy (non-hydrogen) atoms. The SMILES string of the molecule is COC(=O)c1ccc(F)cc1-c1sccc1-c1cccc(F)c1. The minimum absolute atomic E-state index is 0.272. The number of hydrogen-bond acceptors (Lipinski definition) is 3. The fraction of sp³-hybridized carbons (Fsp3) is 0.0556. The number of hydrogen-bond donors (Lipinski definition) is 0. The third-order valence-electron chi connectivity index (χ3n) is 3.43. The van der Waals surface area contributed by atoms with Gasteiger partial charge in [-0.3, -0.25) is 0 Å². The summed E-state index contributed by atoms with van der Waals surface area (Å²) in [6.45, 7) is 0. The lowest BCUT2D eigenvalue weighted by Gasteiger charge is -2.09. The van der Waals surface area contributed by atoms with Crippen LogP contribution in [-0.4, -0.2) is 13.1 Å². The number of carbonyl (C=O) groups is 1. The molecule has 0 radical (unpaired) electrons. The maximum Gasteiger partial charge on any atom is 0.338 e. The van der Waals surface area contributed by atoms with Gasteiger partial charge in [0.25, 0.3) is 0 Å². The van der Waals surface area contributed by atoms with E-state index in [2.05, 4.69) is 0 Å². The summed E-state index contributed by atoms with van der Waals surface area (Å²) in [5.74, 6) is -1.35. The van der Waals surface area contributed by atoms with E-state index < -0.39 is 11.8 Å². The van der Waals surface area contributed by atoms with Gasteiger partial charge in [-0.25, -0.2) is 13.6 Å². The van der Waals surface area contributed by atoms with Crippen molar-refractivity contribution in [3.63, 3.8) is 0 Å². The first-order valence-corrected chi connectivity index (χ1v) is 7.70. The molecule has 1 heterocycles. The summed E-state index contributed by atoms with van der Waals surface area (Å²) in [4.78, 5) is 12.6. The smallest absolute Gasteiger partial charge is 0.338 e. The summed E-state index contributed by atoms with van der Waals surface area (Å²) < 4.78 is 31.9. The normalized spacial score (nSPS) is 10.6. The molecule has 0 saturated carbocycles. The molecule has 0 aliphatic carbocycles. The van der Waals surface area contributed by atoms with E-state index in [1.807, 2.05) is 11.4 Å². The van der Waals surface area contributed by atoms with E-state index in [9.17, 15) is 13.6 Å². The molecule has 0 aliphatic rings. The molecule has 0 fully saturated rings. The van der Waals surface area contributed by atoms with Gasteiger partial charge in [-0.1, -0.05) is 12.1 Å². The first-order chi connectivity index (χ1) is 11.1. The molecule has 0 aliphatic heterocycles. The van der Waals surface area contributed by atoms with Crippen molar-refractivity contribution >= 4 is 17.3 Å². The van der Waals surface area contributed by atoms with E-state index in [1.54, 1.807) is 12.1 Å². The highest BCUT2D eigenvalue weighted by Crippen LogP contribution is 2.39. The first-order valence-electron chi connectivity index (χ1n) is 6.82. The van der Waals surface area contributed by atoms with Crippen LogP contribution in [0.4, 0.5) is 8.78 Å². The van der Waals surface area contributed by atoms with Gasteiger partial charge in [0.1, 0.15) is 11.6 Å². The van der Waals surface area contributed by atoms with Crippen LogP contribution in [-0.2, 0) is 4.74 Å². The van der Waals surface area contributed by atoms with E-state index in [1.165, 1.54) is 48.8 Å². The molecule has 3 rings (SSSR count). The van der Waals surface area contributed by atoms with Crippen LogP contribution in [0.15, 0.2) is 53.9 Å². The number of methoxy groups -OCH3 is 1. The van der Waals surface area contributed by atoms with Gasteiger partial charge in [-0.15, -0.1) is 11.3 Å². The second kappa shape index (κ2) is 6.30. The molecular weight excluding hydrogens is 318 g/mol. The molecule has 0 atom stereocenters. The van der Waals surface area contributed by atoms with Crippen LogP contribution in [0.3, 0.4) is 0 Å². The van der Waals surface area contributed by atoms with Crippen molar-refractivity contribution in [2.75, 3.05) is 7.11 Å². The Morgan fingerprint density at radius 1 is 1.00 bits per heavy atom. The Balaban J connectivity index is 2.20. The molecule has 2 nitrogen and oxygen atoms in total. The van der Waals surface area contributed by atoms with Crippen LogP contribution in [0, 0.1) is 11.6 Å². The van der Waals surface area contributed by atoms with Gasteiger partial charge in [0.2, 0.25) is 0 Å². The van der Waals surface area contributed by atoms with Crippen LogP contribution in [0.25, 0.3) is 21.6 Å². The number of halogens is 2. The molecule has 1 aromatic heterocycles. The molecule has 2 aromatic carbocycles. The van der Waals surface area contributed by atoms with Crippen molar-refractivity contribution in [2.24, 2.45) is 0 Å². The quantitative estimate of drug-likeness (QED) is 0.621. The van der Waals surface area contributed by atoms with E-state index in [4.69, 9.17) is 4.74 Å². The fourth-order valence-corrected chi connectivity index (χ4v) is 3.34. The number of thiophene rings is 1. The van der Waals surface area contributed by atoms with Gasteiger partial charge in [0.15, 0.2) is 0 Å². The van der Waals surface area contributed by atoms with E-state index >= 15 is 0 Å². The summed E-state index contributed by atoms with van der Waals surface area (Å²) >= 11 is 1.36. The van der Waals surface area contributed by atoms with Gasteiger partial charge in [-0.05, 0) is 47.3 Å². The summed E-state index contributed by atoms with van der Waals surface area (Å²) in [6.07, 6.45) is 0. The second-order valence-electron chi connectivity index (χ2n) is 4.86. The summed E-state index contributed by atoms with van der Waals surface area (Å²) in [5.41, 5.74) is 2.12. The number of carbonyl (C=O) groups excluding carboxylic acids is 1. The van der Waals surface area contributed by atoms with Gasteiger partial charge >= 0.3 is 5.97 Å². The second-order valence-corrected chi connectivity index (χ2v) is 5.77. The molecule has 0 N–H and O–H groups in total. The van der Waals surface area contributed by atoms with Crippen molar-refractivity contribution in [2.45, 2.75) is 0 Å². The molecule has 0 unspecified atom stereocenters. The molecule has 3 aromatic rings. The Kier molecular flexibility index (Phi) is 4.21. The van der Waals surface area contributed by atoms with Crippen molar-refractivity contribution < 1.29 is 18.3 Å². The molecular formula is C18H12F2O2S.